The van der Waals surface area contributed by atoms with Crippen molar-refractivity contribution < 1.29 is 14.3 Å². The molecule has 112 valence electrons. The summed E-state index contributed by atoms with van der Waals surface area (Å²) in [6.45, 7) is 0. The standard InChI is InChI=1S/C16H13BrN2O3/c1-21-14-7-6-12(17)10-13(14)19-15(20)8-5-11-4-3-9-18-16(11)22-2/h3-4,6-7,9-10H,1-2H3,(H,19,20). The molecule has 2 rings (SSSR count). The van der Waals surface area contributed by atoms with Crippen molar-refractivity contribution in [2.24, 2.45) is 0 Å². The molecule has 0 spiro atoms. The molecule has 5 nitrogen and oxygen atoms in total. The SMILES string of the molecule is COc1ccc(Br)cc1NC(=O)C#Cc1cccnc1OC. The van der Waals surface area contributed by atoms with Gasteiger partial charge in [0.15, 0.2) is 0 Å². The monoisotopic (exact) mass is 360 g/mol. The van der Waals surface area contributed by atoms with Crippen LogP contribution in [0.1, 0.15) is 5.56 Å². The van der Waals surface area contributed by atoms with Gasteiger partial charge >= 0.3 is 5.91 Å². The van der Waals surface area contributed by atoms with Gasteiger partial charge in [0.1, 0.15) is 5.75 Å². The zero-order chi connectivity index (χ0) is 15.9. The third-order valence-electron chi connectivity index (χ3n) is 2.68. The predicted molar refractivity (Wildman–Crippen MR) is 87.0 cm³/mol. The predicted octanol–water partition coefficient (Wildman–Crippen LogP) is 2.85. The van der Waals surface area contributed by atoms with Gasteiger partial charge in [-0.25, -0.2) is 4.98 Å². The third kappa shape index (κ3) is 3.99. The quantitative estimate of drug-likeness (QED) is 0.855. The van der Waals surface area contributed by atoms with Gasteiger partial charge in [-0.3, -0.25) is 4.79 Å². The summed E-state index contributed by atoms with van der Waals surface area (Å²) in [6, 6.07) is 8.76. The molecule has 22 heavy (non-hydrogen) atoms. The molecule has 0 aliphatic carbocycles. The normalized spacial score (nSPS) is 9.41. The summed E-state index contributed by atoms with van der Waals surface area (Å²) in [5.41, 5.74) is 1.08. The van der Waals surface area contributed by atoms with Crippen LogP contribution in [0.25, 0.3) is 0 Å². The minimum atomic E-state index is -0.456. The first-order valence-electron chi connectivity index (χ1n) is 6.29. The van der Waals surface area contributed by atoms with E-state index in [1.54, 1.807) is 30.5 Å². The number of nitrogens with zero attached hydrogens (tertiary/aromatic N) is 1. The molecule has 0 fully saturated rings. The molecular weight excluding hydrogens is 348 g/mol. The van der Waals surface area contributed by atoms with Gasteiger partial charge in [-0.15, -0.1) is 0 Å². The molecule has 0 saturated heterocycles. The molecule has 1 heterocycles. The smallest absolute Gasteiger partial charge is 0.300 e. The Morgan fingerprint density at radius 3 is 2.82 bits per heavy atom. The summed E-state index contributed by atoms with van der Waals surface area (Å²) in [6.07, 6.45) is 1.59. The van der Waals surface area contributed by atoms with E-state index in [4.69, 9.17) is 9.47 Å². The van der Waals surface area contributed by atoms with Gasteiger partial charge < -0.3 is 14.8 Å². The maximum atomic E-state index is 11.9. The van der Waals surface area contributed by atoms with Gasteiger partial charge in [0, 0.05) is 16.6 Å². The largest absolute Gasteiger partial charge is 0.495 e. The lowest BCUT2D eigenvalue weighted by Crippen LogP contribution is -2.09. The lowest BCUT2D eigenvalue weighted by Gasteiger charge is -2.08. The van der Waals surface area contributed by atoms with Crippen molar-refractivity contribution in [2.45, 2.75) is 0 Å². The molecule has 0 unspecified atom stereocenters. The van der Waals surface area contributed by atoms with E-state index in [-0.39, 0.29) is 0 Å². The summed E-state index contributed by atoms with van der Waals surface area (Å²) in [4.78, 5) is 16.0. The first-order valence-corrected chi connectivity index (χ1v) is 7.09. The molecule has 1 N–H and O–H groups in total. The number of aromatic nitrogens is 1. The van der Waals surface area contributed by atoms with E-state index in [2.05, 4.69) is 38.1 Å². The minimum absolute atomic E-state index is 0.378. The number of nitrogens with one attached hydrogen (secondary N) is 1. The highest BCUT2D eigenvalue weighted by molar-refractivity contribution is 9.10. The van der Waals surface area contributed by atoms with Gasteiger partial charge in [-0.1, -0.05) is 21.9 Å². The number of benzene rings is 1. The van der Waals surface area contributed by atoms with Crippen molar-refractivity contribution in [2.75, 3.05) is 19.5 Å². The molecule has 6 heteroatoms. The van der Waals surface area contributed by atoms with Crippen LogP contribution in [0, 0.1) is 11.8 Å². The highest BCUT2D eigenvalue weighted by Gasteiger charge is 2.06. The average molecular weight is 361 g/mol. The van der Waals surface area contributed by atoms with Crippen LogP contribution >= 0.6 is 15.9 Å². The second-order valence-corrected chi connectivity index (χ2v) is 5.02. The molecule has 1 amide bonds. The van der Waals surface area contributed by atoms with Crippen LogP contribution in [0.5, 0.6) is 11.6 Å². The Labute approximate surface area is 136 Å². The average Bonchev–Trinajstić information content (AvgIpc) is 2.53. The van der Waals surface area contributed by atoms with Crippen LogP contribution in [-0.4, -0.2) is 25.1 Å². The highest BCUT2D eigenvalue weighted by atomic mass is 79.9. The number of amides is 1. The second-order valence-electron chi connectivity index (χ2n) is 4.11. The first-order chi connectivity index (χ1) is 10.6. The fraction of sp³-hybridized carbons (Fsp3) is 0.125. The molecule has 0 aliphatic rings. The van der Waals surface area contributed by atoms with Crippen molar-refractivity contribution in [1.29, 1.82) is 0 Å². The van der Waals surface area contributed by atoms with E-state index >= 15 is 0 Å². The Bertz CT molecular complexity index is 751. The van der Waals surface area contributed by atoms with Gasteiger partial charge in [0.25, 0.3) is 0 Å². The highest BCUT2D eigenvalue weighted by Crippen LogP contribution is 2.27. The maximum absolute atomic E-state index is 11.9. The van der Waals surface area contributed by atoms with Crippen LogP contribution in [0.2, 0.25) is 0 Å². The number of halogens is 1. The zero-order valence-corrected chi connectivity index (χ0v) is 13.6. The Morgan fingerprint density at radius 2 is 2.09 bits per heavy atom. The summed E-state index contributed by atoms with van der Waals surface area (Å²) in [5, 5.41) is 2.68. The third-order valence-corrected chi connectivity index (χ3v) is 3.18. The molecule has 1 aromatic carbocycles. The van der Waals surface area contributed by atoms with Crippen molar-refractivity contribution in [1.82, 2.24) is 4.98 Å². The van der Waals surface area contributed by atoms with Crippen molar-refractivity contribution in [3.63, 3.8) is 0 Å². The number of ether oxygens (including phenoxy) is 2. The second kappa shape index (κ2) is 7.48. The molecule has 0 saturated carbocycles. The first kappa shape index (κ1) is 15.9. The van der Waals surface area contributed by atoms with Crippen LogP contribution in [-0.2, 0) is 4.79 Å². The molecule has 0 radical (unpaired) electrons. The van der Waals surface area contributed by atoms with E-state index in [0.29, 0.717) is 22.9 Å². The Balaban J connectivity index is 2.18. The van der Waals surface area contributed by atoms with Gasteiger partial charge in [0.2, 0.25) is 5.88 Å². The Morgan fingerprint density at radius 1 is 1.27 bits per heavy atom. The van der Waals surface area contributed by atoms with Crippen LogP contribution < -0.4 is 14.8 Å². The Hall–Kier alpha value is -2.52. The number of pyridine rings is 1. The number of methoxy groups -OCH3 is 2. The molecular formula is C16H13BrN2O3. The van der Waals surface area contributed by atoms with E-state index in [9.17, 15) is 4.79 Å². The number of carbonyl (C=O) groups excluding carboxylic acids is 1. The summed E-state index contributed by atoms with van der Waals surface area (Å²) >= 11 is 3.34. The van der Waals surface area contributed by atoms with Crippen molar-refractivity contribution in [3.8, 4) is 23.5 Å². The lowest BCUT2D eigenvalue weighted by atomic mass is 10.2. The van der Waals surface area contributed by atoms with Gasteiger partial charge in [-0.2, -0.15) is 0 Å². The van der Waals surface area contributed by atoms with Crippen LogP contribution in [0.4, 0.5) is 5.69 Å². The van der Waals surface area contributed by atoms with Crippen molar-refractivity contribution >= 4 is 27.5 Å². The number of hydrogen-bond acceptors (Lipinski definition) is 4. The number of hydrogen-bond donors (Lipinski definition) is 1. The van der Waals surface area contributed by atoms with Gasteiger partial charge in [0.05, 0.1) is 25.5 Å². The van der Waals surface area contributed by atoms with E-state index < -0.39 is 5.91 Å². The van der Waals surface area contributed by atoms with Crippen molar-refractivity contribution in [3.05, 3.63) is 46.6 Å². The van der Waals surface area contributed by atoms with E-state index in [1.807, 2.05) is 6.07 Å². The minimum Gasteiger partial charge on any atom is -0.495 e. The number of rotatable bonds is 3. The number of anilines is 1. The molecule has 1 aromatic heterocycles. The molecule has 0 aliphatic heterocycles. The number of carbonyl (C=O) groups is 1. The fourth-order valence-corrected chi connectivity index (χ4v) is 2.07. The summed E-state index contributed by atoms with van der Waals surface area (Å²) in [7, 11) is 3.03. The summed E-state index contributed by atoms with van der Waals surface area (Å²) < 4.78 is 11.1. The lowest BCUT2D eigenvalue weighted by molar-refractivity contribution is -0.111. The van der Waals surface area contributed by atoms with E-state index in [1.165, 1.54) is 14.2 Å². The molecule has 0 bridgehead atoms. The van der Waals surface area contributed by atoms with Crippen LogP contribution in [0.3, 0.4) is 0 Å². The fourth-order valence-electron chi connectivity index (χ4n) is 1.70. The zero-order valence-electron chi connectivity index (χ0n) is 12.0. The van der Waals surface area contributed by atoms with Crippen LogP contribution in [0.15, 0.2) is 41.0 Å². The maximum Gasteiger partial charge on any atom is 0.300 e. The molecule has 2 aromatic rings. The topological polar surface area (TPSA) is 60.5 Å². The van der Waals surface area contributed by atoms with Gasteiger partial charge in [-0.05, 0) is 30.3 Å². The Kier molecular flexibility index (Phi) is 5.39. The van der Waals surface area contributed by atoms with E-state index in [0.717, 1.165) is 4.47 Å². The summed E-state index contributed by atoms with van der Waals surface area (Å²) in [5.74, 6) is 5.71. The molecule has 0 atom stereocenters.